The van der Waals surface area contributed by atoms with Crippen LogP contribution in [0.3, 0.4) is 0 Å². The molecule has 1 saturated heterocycles. The van der Waals surface area contributed by atoms with Gasteiger partial charge in [0.05, 0.1) is 18.1 Å². The van der Waals surface area contributed by atoms with Crippen molar-refractivity contribution in [2.75, 3.05) is 13.7 Å². The second-order valence-corrected chi connectivity index (χ2v) is 7.47. The highest BCUT2D eigenvalue weighted by atomic mass is 16.5. The topological polar surface area (TPSA) is 72.1 Å². The van der Waals surface area contributed by atoms with E-state index >= 15 is 0 Å². The van der Waals surface area contributed by atoms with Crippen molar-refractivity contribution in [2.24, 2.45) is 0 Å². The number of hydrogen-bond acceptors (Lipinski definition) is 6. The maximum absolute atomic E-state index is 13.0. The Kier molecular flexibility index (Phi) is 5.45. The second kappa shape index (κ2) is 8.17. The Bertz CT molecular complexity index is 1070. The molecule has 2 heterocycles. The van der Waals surface area contributed by atoms with Crippen LogP contribution in [0.15, 0.2) is 51.9 Å². The number of nitrogens with zero attached hydrogens (tertiary/aromatic N) is 1. The van der Waals surface area contributed by atoms with Crippen LogP contribution in [0.1, 0.15) is 31.7 Å². The molecule has 0 saturated carbocycles. The van der Waals surface area contributed by atoms with Gasteiger partial charge in [0, 0.05) is 18.7 Å². The lowest BCUT2D eigenvalue weighted by molar-refractivity contribution is 0.151. The Morgan fingerprint density at radius 1 is 1.21 bits per heavy atom. The van der Waals surface area contributed by atoms with Gasteiger partial charge in [0.1, 0.15) is 29.1 Å². The molecule has 0 spiro atoms. The average molecular weight is 395 g/mol. The van der Waals surface area contributed by atoms with E-state index in [0.29, 0.717) is 40.6 Å². The summed E-state index contributed by atoms with van der Waals surface area (Å²) < 4.78 is 16.7. The fraction of sp³-hybridized carbons (Fsp3) is 0.348. The summed E-state index contributed by atoms with van der Waals surface area (Å²) >= 11 is 0. The number of piperidine rings is 1. The number of phenolic OH excluding ortho intramolecular Hbond substituents is 1. The molecule has 0 aliphatic carbocycles. The van der Waals surface area contributed by atoms with Crippen LogP contribution in [0.4, 0.5) is 0 Å². The van der Waals surface area contributed by atoms with Crippen LogP contribution >= 0.6 is 0 Å². The van der Waals surface area contributed by atoms with E-state index in [0.717, 1.165) is 19.4 Å². The molecular weight excluding hydrogens is 370 g/mol. The van der Waals surface area contributed by atoms with Crippen molar-refractivity contribution in [3.05, 3.63) is 58.4 Å². The molecule has 1 fully saturated rings. The van der Waals surface area contributed by atoms with Crippen molar-refractivity contribution in [1.29, 1.82) is 0 Å². The normalized spacial score (nSPS) is 17.4. The Balaban J connectivity index is 1.69. The molecule has 0 unspecified atom stereocenters. The van der Waals surface area contributed by atoms with Crippen molar-refractivity contribution in [3.8, 4) is 23.0 Å². The van der Waals surface area contributed by atoms with E-state index in [1.807, 2.05) is 0 Å². The minimum atomic E-state index is -0.276. The van der Waals surface area contributed by atoms with Gasteiger partial charge in [-0.2, -0.15) is 0 Å². The van der Waals surface area contributed by atoms with E-state index in [1.54, 1.807) is 43.5 Å². The van der Waals surface area contributed by atoms with E-state index < -0.39 is 0 Å². The third kappa shape index (κ3) is 3.93. The zero-order valence-electron chi connectivity index (χ0n) is 16.7. The Morgan fingerprint density at radius 2 is 2.03 bits per heavy atom. The number of fused-ring (bicyclic) bond motifs is 1. The molecule has 1 aromatic heterocycles. The number of hydrogen-bond donors (Lipinski definition) is 1. The van der Waals surface area contributed by atoms with Gasteiger partial charge >= 0.3 is 0 Å². The quantitative estimate of drug-likeness (QED) is 0.677. The summed E-state index contributed by atoms with van der Waals surface area (Å²) in [5.41, 5.74) is 0.772. The highest BCUT2D eigenvalue weighted by Gasteiger charge is 2.22. The molecule has 152 valence electrons. The summed E-state index contributed by atoms with van der Waals surface area (Å²) in [5.74, 6) is 1.35. The van der Waals surface area contributed by atoms with Gasteiger partial charge in [-0.05, 0) is 50.6 Å². The zero-order chi connectivity index (χ0) is 20.4. The highest BCUT2D eigenvalue weighted by molar-refractivity contribution is 5.83. The molecule has 2 aromatic carbocycles. The predicted molar refractivity (Wildman–Crippen MR) is 111 cm³/mol. The SMILES string of the molecule is COc1cccc(Oc2coc3c(CN4CCCC[C@H]4C)c(O)ccc3c2=O)c1. The zero-order valence-corrected chi connectivity index (χ0v) is 16.7. The third-order valence-electron chi connectivity index (χ3n) is 5.56. The molecule has 0 amide bonds. The average Bonchev–Trinajstić information content (AvgIpc) is 2.73. The van der Waals surface area contributed by atoms with Gasteiger partial charge in [0.15, 0.2) is 0 Å². The summed E-state index contributed by atoms with van der Waals surface area (Å²) in [7, 11) is 1.57. The van der Waals surface area contributed by atoms with Crippen LogP contribution in [0.2, 0.25) is 0 Å². The molecule has 29 heavy (non-hydrogen) atoms. The summed E-state index contributed by atoms with van der Waals surface area (Å²) in [6.07, 6.45) is 4.80. The Labute approximate surface area is 169 Å². The standard InChI is InChI=1S/C23H25NO5/c1-15-6-3-4-11-24(15)13-19-20(25)10-9-18-22(26)21(14-28-23(18)19)29-17-8-5-7-16(12-17)27-2/h5,7-10,12,14-15,25H,3-4,6,11,13H2,1-2H3/t15-/m1/s1. The lowest BCUT2D eigenvalue weighted by Gasteiger charge is -2.33. The van der Waals surface area contributed by atoms with Crippen LogP contribution in [0.5, 0.6) is 23.0 Å². The van der Waals surface area contributed by atoms with Gasteiger partial charge in [0.2, 0.25) is 11.2 Å². The van der Waals surface area contributed by atoms with E-state index in [9.17, 15) is 9.90 Å². The van der Waals surface area contributed by atoms with Crippen LogP contribution in [0.25, 0.3) is 11.0 Å². The first-order chi connectivity index (χ1) is 14.1. The molecule has 1 aliphatic heterocycles. The molecule has 1 atom stereocenters. The first kappa shape index (κ1) is 19.3. The van der Waals surface area contributed by atoms with Gasteiger partial charge in [-0.3, -0.25) is 9.69 Å². The number of rotatable bonds is 5. The number of phenols is 1. The number of aromatic hydroxyl groups is 1. The monoisotopic (exact) mass is 395 g/mol. The van der Waals surface area contributed by atoms with E-state index in [4.69, 9.17) is 13.9 Å². The van der Waals surface area contributed by atoms with Gasteiger partial charge in [-0.25, -0.2) is 0 Å². The van der Waals surface area contributed by atoms with Crippen LogP contribution < -0.4 is 14.9 Å². The molecule has 6 heteroatoms. The van der Waals surface area contributed by atoms with Gasteiger partial charge < -0.3 is 19.0 Å². The predicted octanol–water partition coefficient (Wildman–Crippen LogP) is 4.67. The number of methoxy groups -OCH3 is 1. The fourth-order valence-electron chi connectivity index (χ4n) is 3.84. The maximum Gasteiger partial charge on any atom is 0.235 e. The van der Waals surface area contributed by atoms with Crippen molar-refractivity contribution in [3.63, 3.8) is 0 Å². The Morgan fingerprint density at radius 3 is 2.83 bits per heavy atom. The molecular formula is C23H25NO5. The van der Waals surface area contributed by atoms with Gasteiger partial charge in [0.25, 0.3) is 0 Å². The summed E-state index contributed by atoms with van der Waals surface area (Å²) in [4.78, 5) is 15.3. The lowest BCUT2D eigenvalue weighted by atomic mass is 10.0. The molecule has 1 aliphatic rings. The number of benzene rings is 2. The summed E-state index contributed by atoms with van der Waals surface area (Å²) in [6.45, 7) is 3.71. The van der Waals surface area contributed by atoms with Gasteiger partial charge in [-0.1, -0.05) is 12.5 Å². The largest absolute Gasteiger partial charge is 0.507 e. The minimum absolute atomic E-state index is 0.0914. The van der Waals surface area contributed by atoms with Crippen molar-refractivity contribution in [2.45, 2.75) is 38.8 Å². The highest BCUT2D eigenvalue weighted by Crippen LogP contribution is 2.31. The minimum Gasteiger partial charge on any atom is -0.507 e. The molecule has 0 bridgehead atoms. The van der Waals surface area contributed by atoms with Crippen molar-refractivity contribution < 1.29 is 19.0 Å². The van der Waals surface area contributed by atoms with E-state index in [1.165, 1.54) is 12.7 Å². The molecule has 3 aromatic rings. The molecule has 4 rings (SSSR count). The molecule has 0 radical (unpaired) electrons. The van der Waals surface area contributed by atoms with Crippen LogP contribution in [-0.4, -0.2) is 29.7 Å². The third-order valence-corrected chi connectivity index (χ3v) is 5.56. The smallest absolute Gasteiger partial charge is 0.235 e. The number of likely N-dealkylation sites (tertiary alicyclic amines) is 1. The van der Waals surface area contributed by atoms with Crippen LogP contribution in [0, 0.1) is 0 Å². The summed E-state index contributed by atoms with van der Waals surface area (Å²) in [5, 5.41) is 10.8. The lowest BCUT2D eigenvalue weighted by Crippen LogP contribution is -2.36. The van der Waals surface area contributed by atoms with Crippen molar-refractivity contribution >= 4 is 11.0 Å². The first-order valence-electron chi connectivity index (χ1n) is 9.89. The van der Waals surface area contributed by atoms with E-state index in [-0.39, 0.29) is 16.9 Å². The van der Waals surface area contributed by atoms with Crippen LogP contribution in [-0.2, 0) is 6.54 Å². The second-order valence-electron chi connectivity index (χ2n) is 7.47. The van der Waals surface area contributed by atoms with E-state index in [2.05, 4.69) is 11.8 Å². The van der Waals surface area contributed by atoms with Crippen molar-refractivity contribution in [1.82, 2.24) is 4.90 Å². The molecule has 6 nitrogen and oxygen atoms in total. The summed E-state index contributed by atoms with van der Waals surface area (Å²) in [6, 6.07) is 10.6. The number of ether oxygens (including phenoxy) is 2. The maximum atomic E-state index is 13.0. The first-order valence-corrected chi connectivity index (χ1v) is 9.89. The Hall–Kier alpha value is -2.99. The molecule has 1 N–H and O–H groups in total. The fourth-order valence-corrected chi connectivity index (χ4v) is 3.84. The van der Waals surface area contributed by atoms with Gasteiger partial charge in [-0.15, -0.1) is 0 Å².